The van der Waals surface area contributed by atoms with Crippen LogP contribution in [-0.2, 0) is 23.7 Å². The molecule has 3 saturated heterocycles. The molecule has 0 aliphatic carbocycles. The van der Waals surface area contributed by atoms with Gasteiger partial charge in [0.25, 0.3) is 0 Å². The molecule has 0 radical (unpaired) electrons. The molecule has 6 rings (SSSR count). The molecular formula is C33H40O20. The van der Waals surface area contributed by atoms with Crippen LogP contribution in [0.2, 0.25) is 0 Å². The van der Waals surface area contributed by atoms with Crippen LogP contribution < -0.4 is 14.9 Å². The Balaban J connectivity index is 1.24. The maximum absolute atomic E-state index is 13.8. The van der Waals surface area contributed by atoms with E-state index in [2.05, 4.69) is 0 Å². The summed E-state index contributed by atoms with van der Waals surface area (Å²) in [6, 6.07) is 5.75. The molecule has 20 nitrogen and oxygen atoms in total. The van der Waals surface area contributed by atoms with Gasteiger partial charge < -0.3 is 93.7 Å². The van der Waals surface area contributed by atoms with E-state index in [1.165, 1.54) is 32.2 Å². The van der Waals surface area contributed by atoms with Gasteiger partial charge in [0.05, 0.1) is 26.4 Å². The molecule has 14 atom stereocenters. The Morgan fingerprint density at radius 1 is 0.774 bits per heavy atom. The Hall–Kier alpha value is -3.87. The van der Waals surface area contributed by atoms with Crippen molar-refractivity contribution in [3.05, 3.63) is 40.6 Å². The van der Waals surface area contributed by atoms with Gasteiger partial charge in [-0.2, -0.15) is 0 Å². The zero-order valence-corrected chi connectivity index (χ0v) is 28.0. The number of aromatic hydroxyl groups is 3. The van der Waals surface area contributed by atoms with E-state index >= 15 is 0 Å². The monoisotopic (exact) mass is 756 g/mol. The molecule has 292 valence electrons. The molecular weight excluding hydrogens is 716 g/mol. The lowest BCUT2D eigenvalue weighted by molar-refractivity contribution is -0.351. The van der Waals surface area contributed by atoms with Crippen LogP contribution in [0.25, 0.3) is 22.3 Å². The average molecular weight is 757 g/mol. The first kappa shape index (κ1) is 38.8. The third kappa shape index (κ3) is 7.47. The first-order valence-electron chi connectivity index (χ1n) is 16.3. The number of benzene rings is 2. The molecule has 1 aromatic heterocycles. The predicted molar refractivity (Wildman–Crippen MR) is 172 cm³/mol. The van der Waals surface area contributed by atoms with Gasteiger partial charge >= 0.3 is 0 Å². The second-order valence-corrected chi connectivity index (χ2v) is 12.8. The summed E-state index contributed by atoms with van der Waals surface area (Å²) in [7, 11) is 1.27. The molecule has 20 heteroatoms. The molecule has 3 aliphatic heterocycles. The zero-order chi connectivity index (χ0) is 38.5. The highest BCUT2D eigenvalue weighted by molar-refractivity contribution is 5.88. The van der Waals surface area contributed by atoms with Crippen LogP contribution in [0.5, 0.6) is 28.7 Å². The van der Waals surface area contributed by atoms with Gasteiger partial charge in [0.1, 0.15) is 83.5 Å². The number of aliphatic hydroxyl groups excluding tert-OH is 8. The molecule has 0 amide bonds. The number of phenols is 3. The van der Waals surface area contributed by atoms with Crippen molar-refractivity contribution >= 4 is 11.0 Å². The summed E-state index contributed by atoms with van der Waals surface area (Å²) < 4.78 is 44.6. The molecule has 0 spiro atoms. The van der Waals surface area contributed by atoms with E-state index in [9.17, 15) is 61.0 Å². The van der Waals surface area contributed by atoms with Crippen molar-refractivity contribution in [2.45, 2.75) is 92.9 Å². The molecule has 14 unspecified atom stereocenters. The van der Waals surface area contributed by atoms with Crippen LogP contribution in [0, 0.1) is 0 Å². The van der Waals surface area contributed by atoms with E-state index in [0.717, 1.165) is 12.1 Å². The third-order valence-corrected chi connectivity index (χ3v) is 9.21. The fourth-order valence-corrected chi connectivity index (χ4v) is 6.19. The lowest BCUT2D eigenvalue weighted by Gasteiger charge is -2.45. The summed E-state index contributed by atoms with van der Waals surface area (Å²) in [5.41, 5.74) is -1.21. The van der Waals surface area contributed by atoms with Crippen molar-refractivity contribution in [3.8, 4) is 40.1 Å². The van der Waals surface area contributed by atoms with Crippen LogP contribution in [0.1, 0.15) is 6.92 Å². The number of hydrogen-bond acceptors (Lipinski definition) is 20. The minimum Gasteiger partial charge on any atom is -0.508 e. The summed E-state index contributed by atoms with van der Waals surface area (Å²) in [6.45, 7) is 0.314. The number of ether oxygens (including phenoxy) is 7. The molecule has 3 fully saturated rings. The van der Waals surface area contributed by atoms with Crippen LogP contribution in [-0.4, -0.2) is 163 Å². The van der Waals surface area contributed by atoms with Gasteiger partial charge in [-0.15, -0.1) is 0 Å². The molecule has 0 bridgehead atoms. The van der Waals surface area contributed by atoms with Crippen molar-refractivity contribution < 1.29 is 93.7 Å². The van der Waals surface area contributed by atoms with Gasteiger partial charge in [0.15, 0.2) is 29.8 Å². The first-order chi connectivity index (χ1) is 25.1. The topological polar surface area (TPSA) is 317 Å². The standard InChI is InChI=1S/C33H40O20/c1-10-20(38)29(52-31-25(43)21(39)15(37)8-47-31)27(45)32(49-10)48-9-18-22(40)24(42)26(44)33(51-18)53-30-23(41)19-14(36)6-12(34)7-17(19)50-28(30)11-3-4-13(35)16(5-11)46-2/h3-7,10,15,18,20-22,24-27,29,31-40,42-45H,8-9H2,1-2H3. The normalized spacial score (nSPS) is 36.3. The molecule has 4 heterocycles. The van der Waals surface area contributed by atoms with E-state index in [1.807, 2.05) is 0 Å². The number of rotatable bonds is 9. The predicted octanol–water partition coefficient (Wildman–Crippen LogP) is -2.92. The number of aliphatic hydroxyl groups is 8. The Kier molecular flexibility index (Phi) is 11.3. The van der Waals surface area contributed by atoms with Crippen LogP contribution in [0.15, 0.2) is 39.5 Å². The van der Waals surface area contributed by atoms with Gasteiger partial charge in [-0.3, -0.25) is 4.79 Å². The highest BCUT2D eigenvalue weighted by atomic mass is 16.7. The zero-order valence-electron chi connectivity index (χ0n) is 28.0. The molecule has 53 heavy (non-hydrogen) atoms. The Labute approximate surface area is 298 Å². The van der Waals surface area contributed by atoms with Crippen molar-refractivity contribution in [1.29, 1.82) is 0 Å². The molecule has 3 aliphatic rings. The van der Waals surface area contributed by atoms with Gasteiger partial charge in [0.2, 0.25) is 17.5 Å². The maximum Gasteiger partial charge on any atom is 0.239 e. The summed E-state index contributed by atoms with van der Waals surface area (Å²) >= 11 is 0. The van der Waals surface area contributed by atoms with E-state index in [1.54, 1.807) is 0 Å². The van der Waals surface area contributed by atoms with E-state index in [4.69, 9.17) is 37.6 Å². The Morgan fingerprint density at radius 2 is 1.49 bits per heavy atom. The second kappa shape index (κ2) is 15.5. The minimum atomic E-state index is -2.01. The van der Waals surface area contributed by atoms with E-state index in [0.29, 0.717) is 0 Å². The van der Waals surface area contributed by atoms with Crippen molar-refractivity contribution in [1.82, 2.24) is 0 Å². The quantitative estimate of drug-likeness (QED) is 0.104. The summed E-state index contributed by atoms with van der Waals surface area (Å²) in [5, 5.41) is 114. The van der Waals surface area contributed by atoms with Crippen molar-refractivity contribution in [3.63, 3.8) is 0 Å². The second-order valence-electron chi connectivity index (χ2n) is 12.8. The SMILES string of the molecule is COc1cc(-c2oc3cc(O)cc(O)c3c(=O)c2OC2OC(COC3OC(C)C(O)C(OC4OCC(O)C(O)C4O)C3O)C(O)C(O)C2O)ccc1O. The van der Waals surface area contributed by atoms with Crippen LogP contribution >= 0.6 is 0 Å². The number of phenolic OH excluding ortho intramolecular Hbond substituents is 3. The highest BCUT2D eigenvalue weighted by Gasteiger charge is 2.50. The number of fused-ring (bicyclic) bond motifs is 1. The van der Waals surface area contributed by atoms with Gasteiger partial charge in [0, 0.05) is 17.7 Å². The van der Waals surface area contributed by atoms with Gasteiger partial charge in [-0.05, 0) is 25.1 Å². The first-order valence-corrected chi connectivity index (χ1v) is 16.3. The van der Waals surface area contributed by atoms with Gasteiger partial charge in [-0.25, -0.2) is 0 Å². The fourth-order valence-electron chi connectivity index (χ4n) is 6.19. The minimum absolute atomic E-state index is 0.0416. The summed E-state index contributed by atoms with van der Waals surface area (Å²) in [6.07, 6.45) is -23.2. The van der Waals surface area contributed by atoms with Crippen molar-refractivity contribution in [2.75, 3.05) is 20.3 Å². The molecule has 2 aromatic carbocycles. The Bertz CT molecular complexity index is 1820. The highest BCUT2D eigenvalue weighted by Crippen LogP contribution is 2.40. The molecule has 3 aromatic rings. The van der Waals surface area contributed by atoms with E-state index in [-0.39, 0.29) is 28.4 Å². The average Bonchev–Trinajstić information content (AvgIpc) is 3.12. The third-order valence-electron chi connectivity index (χ3n) is 9.21. The number of hydrogen-bond donors (Lipinski definition) is 11. The van der Waals surface area contributed by atoms with Gasteiger partial charge in [-0.1, -0.05) is 0 Å². The summed E-state index contributed by atoms with van der Waals surface area (Å²) in [4.78, 5) is 13.8. The fraction of sp³-hybridized carbons (Fsp3) is 0.545. The Morgan fingerprint density at radius 3 is 2.21 bits per heavy atom. The smallest absolute Gasteiger partial charge is 0.239 e. The lowest BCUT2D eigenvalue weighted by Crippen LogP contribution is -2.63. The number of methoxy groups -OCH3 is 1. The maximum atomic E-state index is 13.8. The molecule has 0 saturated carbocycles. The van der Waals surface area contributed by atoms with E-state index < -0.39 is 127 Å². The largest absolute Gasteiger partial charge is 0.508 e. The lowest BCUT2D eigenvalue weighted by atomic mass is 9.98. The summed E-state index contributed by atoms with van der Waals surface area (Å²) in [5.74, 6) is -2.46. The van der Waals surface area contributed by atoms with Crippen molar-refractivity contribution in [2.24, 2.45) is 0 Å². The molecule has 11 N–H and O–H groups in total. The van der Waals surface area contributed by atoms with Crippen LogP contribution in [0.4, 0.5) is 0 Å². The van der Waals surface area contributed by atoms with Crippen LogP contribution in [0.3, 0.4) is 0 Å².